The van der Waals surface area contributed by atoms with E-state index in [4.69, 9.17) is 59.0 Å². The number of hydrogen-bond acceptors (Lipinski definition) is 14. The summed E-state index contributed by atoms with van der Waals surface area (Å²) in [5, 5.41) is 7.83. The number of benzene rings is 5. The monoisotopic (exact) mass is 1140 g/mol. The molecule has 1 saturated heterocycles. The Morgan fingerprint density at radius 3 is 2.10 bits per heavy atom. The van der Waals surface area contributed by atoms with Gasteiger partial charge in [-0.3, -0.25) is 9.59 Å². The minimum absolute atomic E-state index is 0.190. The fourth-order valence-electron chi connectivity index (χ4n) is 9.92. The van der Waals surface area contributed by atoms with Crippen molar-refractivity contribution in [2.75, 3.05) is 101 Å². The number of aryl methyl sites for hydroxylation is 1. The van der Waals surface area contributed by atoms with Gasteiger partial charge in [0.05, 0.1) is 86.6 Å². The third kappa shape index (κ3) is 17.5. The first-order valence-electron chi connectivity index (χ1n) is 27.4. The summed E-state index contributed by atoms with van der Waals surface area (Å²) in [4.78, 5) is 43.5. The number of carbonyl (C=O) groups excluding carboxylic acids is 3. The number of aromatic nitrogens is 1. The summed E-state index contributed by atoms with van der Waals surface area (Å²) in [5.74, 6) is 0.965. The first-order chi connectivity index (χ1) is 39.5. The van der Waals surface area contributed by atoms with E-state index >= 15 is 0 Å². The molecule has 17 nitrogen and oxygen atoms in total. The molecular weight excluding hydrogens is 1060 g/mol. The van der Waals surface area contributed by atoms with E-state index in [1.807, 2.05) is 72.3 Å². The Labute approximate surface area is 479 Å². The number of ether oxygens (including phenoxy) is 10. The Hall–Kier alpha value is -7.09. The lowest BCUT2D eigenvalue weighted by molar-refractivity contribution is -0.162. The summed E-state index contributed by atoms with van der Waals surface area (Å²) in [6.45, 7) is 6.28. The van der Waals surface area contributed by atoms with Crippen LogP contribution in [0.5, 0.6) is 34.5 Å². The van der Waals surface area contributed by atoms with Gasteiger partial charge in [0.1, 0.15) is 23.7 Å². The van der Waals surface area contributed by atoms with Gasteiger partial charge in [-0.25, -0.2) is 9.18 Å². The molecule has 2 N–H and O–H groups in total. The molecule has 0 spiro atoms. The number of nitrogens with one attached hydrogen (secondary N) is 2. The molecular formula is C62H76ClFN4O13. The highest BCUT2D eigenvalue weighted by Crippen LogP contribution is 2.42. The number of amides is 2. The van der Waals surface area contributed by atoms with E-state index in [1.165, 1.54) is 21.3 Å². The zero-order chi connectivity index (χ0) is 57.5. The molecule has 0 aliphatic carbocycles. The van der Waals surface area contributed by atoms with Gasteiger partial charge < -0.3 is 67.5 Å². The van der Waals surface area contributed by atoms with Crippen molar-refractivity contribution in [3.63, 3.8) is 0 Å². The number of rotatable bonds is 33. The third-order valence-electron chi connectivity index (χ3n) is 14.1. The number of methoxy groups -OCH3 is 5. The lowest BCUT2D eigenvalue weighted by Gasteiger charge is -2.37. The molecule has 2 heterocycles. The van der Waals surface area contributed by atoms with Crippen LogP contribution >= 0.6 is 11.6 Å². The van der Waals surface area contributed by atoms with Crippen LogP contribution in [-0.2, 0) is 52.8 Å². The van der Waals surface area contributed by atoms with E-state index in [9.17, 15) is 18.8 Å². The van der Waals surface area contributed by atoms with Crippen LogP contribution in [0.25, 0.3) is 10.9 Å². The summed E-state index contributed by atoms with van der Waals surface area (Å²) in [5.41, 5.74) is 5.07. The summed E-state index contributed by atoms with van der Waals surface area (Å²) in [7, 11) is 7.74. The van der Waals surface area contributed by atoms with Gasteiger partial charge in [-0.2, -0.15) is 0 Å². The molecule has 7 rings (SSSR count). The maximum Gasteiger partial charge on any atom is 0.329 e. The molecule has 436 valence electrons. The molecule has 1 fully saturated rings. The molecule has 81 heavy (non-hydrogen) atoms. The van der Waals surface area contributed by atoms with Gasteiger partial charge in [0, 0.05) is 49.3 Å². The van der Waals surface area contributed by atoms with E-state index < -0.39 is 24.0 Å². The van der Waals surface area contributed by atoms with Gasteiger partial charge in [-0.15, -0.1) is 0 Å². The molecule has 2 amide bonds. The third-order valence-corrected chi connectivity index (χ3v) is 14.4. The number of esters is 1. The SMILES string of the molecule is CC[C@H](C(=O)N1CCCC[C@H]1C(=O)O[C@H](CCc1ccc(OC)c(OC)c1)c1cccc(OCC(=O)NCCOCCOCCOCCNCc2cc(F)cc3c2ccn3Cc2ccc(Cl)cc2)c1)c1cc(OC)c(OC)c(OC)c1. The average molecular weight is 1140 g/mol. The second-order valence-corrected chi connectivity index (χ2v) is 19.8. The lowest BCUT2D eigenvalue weighted by atomic mass is 9.91. The zero-order valence-corrected chi connectivity index (χ0v) is 48.0. The second kappa shape index (κ2) is 31.8. The van der Waals surface area contributed by atoms with Crippen molar-refractivity contribution in [2.24, 2.45) is 0 Å². The van der Waals surface area contributed by atoms with Crippen LogP contribution in [0.2, 0.25) is 5.02 Å². The van der Waals surface area contributed by atoms with Crippen molar-refractivity contribution >= 4 is 40.3 Å². The largest absolute Gasteiger partial charge is 0.493 e. The maximum absolute atomic E-state index is 14.6. The molecule has 0 radical (unpaired) electrons. The fourth-order valence-corrected chi connectivity index (χ4v) is 10.0. The fraction of sp³-hybridized carbons (Fsp3) is 0.435. The summed E-state index contributed by atoms with van der Waals surface area (Å²) >= 11 is 6.04. The molecule has 0 bridgehead atoms. The molecule has 3 atom stereocenters. The molecule has 0 unspecified atom stereocenters. The summed E-state index contributed by atoms with van der Waals surface area (Å²) < 4.78 is 73.8. The van der Waals surface area contributed by atoms with Gasteiger partial charge >= 0.3 is 5.97 Å². The molecule has 0 saturated carbocycles. The van der Waals surface area contributed by atoms with Crippen molar-refractivity contribution in [3.8, 4) is 34.5 Å². The van der Waals surface area contributed by atoms with Crippen molar-refractivity contribution in [1.82, 2.24) is 20.1 Å². The highest BCUT2D eigenvalue weighted by atomic mass is 35.5. The molecule has 19 heteroatoms. The van der Waals surface area contributed by atoms with Crippen molar-refractivity contribution < 1.29 is 66.1 Å². The molecule has 5 aromatic carbocycles. The van der Waals surface area contributed by atoms with Crippen molar-refractivity contribution in [2.45, 2.75) is 76.6 Å². The van der Waals surface area contributed by atoms with E-state index in [-0.39, 0.29) is 37.4 Å². The van der Waals surface area contributed by atoms with Crippen molar-refractivity contribution in [3.05, 3.63) is 142 Å². The van der Waals surface area contributed by atoms with Gasteiger partial charge in [0.15, 0.2) is 29.6 Å². The number of piperidine rings is 1. The van der Waals surface area contributed by atoms with Crippen LogP contribution in [0.1, 0.15) is 78.9 Å². The maximum atomic E-state index is 14.6. The van der Waals surface area contributed by atoms with E-state index in [1.54, 1.807) is 61.6 Å². The van der Waals surface area contributed by atoms with Gasteiger partial charge in [-0.05, 0) is 133 Å². The Balaban J connectivity index is 0.836. The Morgan fingerprint density at radius 2 is 1.41 bits per heavy atom. The van der Waals surface area contributed by atoms with Crippen LogP contribution < -0.4 is 39.1 Å². The Kier molecular flexibility index (Phi) is 24.1. The highest BCUT2D eigenvalue weighted by molar-refractivity contribution is 6.30. The molecule has 6 aromatic rings. The zero-order valence-electron chi connectivity index (χ0n) is 47.2. The topological polar surface area (TPSA) is 176 Å². The Bertz CT molecular complexity index is 2950. The minimum Gasteiger partial charge on any atom is -0.493 e. The van der Waals surface area contributed by atoms with Gasteiger partial charge in [0.25, 0.3) is 5.91 Å². The summed E-state index contributed by atoms with van der Waals surface area (Å²) in [6, 6.07) is 28.3. The smallest absolute Gasteiger partial charge is 0.329 e. The molecule has 1 aliphatic heterocycles. The van der Waals surface area contributed by atoms with E-state index in [2.05, 4.69) is 10.6 Å². The number of nitrogens with zero attached hydrogens (tertiary/aromatic N) is 2. The predicted molar refractivity (Wildman–Crippen MR) is 307 cm³/mol. The van der Waals surface area contributed by atoms with Gasteiger partial charge in [0.2, 0.25) is 11.7 Å². The number of likely N-dealkylation sites (tertiary alicyclic amines) is 1. The Morgan fingerprint density at radius 1 is 0.716 bits per heavy atom. The first kappa shape index (κ1) is 61.5. The number of fused-ring (bicyclic) bond motifs is 1. The highest BCUT2D eigenvalue weighted by Gasteiger charge is 2.38. The van der Waals surface area contributed by atoms with Crippen LogP contribution in [0.3, 0.4) is 0 Å². The van der Waals surface area contributed by atoms with Crippen LogP contribution in [-0.4, -0.2) is 135 Å². The average Bonchev–Trinajstić information content (AvgIpc) is 4.14. The quantitative estimate of drug-likeness (QED) is 0.0294. The number of hydrogen-bond donors (Lipinski definition) is 2. The molecule has 1 aliphatic rings. The number of carbonyl (C=O) groups is 3. The van der Waals surface area contributed by atoms with E-state index in [0.717, 1.165) is 40.4 Å². The second-order valence-electron chi connectivity index (χ2n) is 19.4. The lowest BCUT2D eigenvalue weighted by Crippen LogP contribution is -2.50. The summed E-state index contributed by atoms with van der Waals surface area (Å²) in [6.07, 6.45) is 4.53. The predicted octanol–water partition coefficient (Wildman–Crippen LogP) is 9.65. The minimum atomic E-state index is -0.813. The van der Waals surface area contributed by atoms with Crippen LogP contribution in [0.15, 0.2) is 103 Å². The first-order valence-corrected chi connectivity index (χ1v) is 27.8. The molecule has 1 aromatic heterocycles. The number of halogens is 2. The van der Waals surface area contributed by atoms with Crippen LogP contribution in [0, 0.1) is 5.82 Å². The van der Waals surface area contributed by atoms with E-state index in [0.29, 0.717) is 136 Å². The standard InChI is InChI=1S/C62H76ClFN4O13/c1-7-50(45-36-57(74-4)60(76-6)58(37-45)75-5)61(70)68-25-9-8-13-52(68)62(71)81-54(20-16-42-17-21-55(72-2)56(33-42)73-3)44-11-10-12-49(35-44)80-41-59(69)66-24-28-78-30-32-79-31-29-77-27-23-65-39-46-34-48(64)38-53-51(46)22-26-67(53)40-43-14-18-47(63)19-15-43/h10-12,14-15,17-19,21-22,26,33-38,50,52,54,65H,7-9,13,16,20,23-25,27-32,39-41H2,1-6H3,(H,66,69)/t50-,52-,54+/m0/s1. The van der Waals surface area contributed by atoms with Gasteiger partial charge in [-0.1, -0.05) is 48.9 Å². The van der Waals surface area contributed by atoms with Crippen molar-refractivity contribution in [1.29, 1.82) is 0 Å². The van der Waals surface area contributed by atoms with Crippen LogP contribution in [0.4, 0.5) is 4.39 Å². The normalized spacial score (nSPS) is 14.0.